The molecule has 0 aliphatic rings. The van der Waals surface area contributed by atoms with Gasteiger partial charge in [-0.05, 0) is 49.2 Å². The van der Waals surface area contributed by atoms with E-state index in [4.69, 9.17) is 4.74 Å². The van der Waals surface area contributed by atoms with E-state index in [2.05, 4.69) is 21.6 Å². The minimum atomic E-state index is -0.344. The number of methoxy groups -OCH3 is 1. The highest BCUT2D eigenvalue weighted by molar-refractivity contribution is 7.99. The fourth-order valence-corrected chi connectivity index (χ4v) is 4.48. The lowest BCUT2D eigenvalue weighted by atomic mass is 10.2. The molecule has 2 N–H and O–H groups in total. The van der Waals surface area contributed by atoms with Gasteiger partial charge in [0, 0.05) is 11.4 Å². The SMILES string of the molecule is COc1ccc(-n2c(C)c(C)c(C#N)c2NC(=O)CSc2n[nH]c(=O)n2Cc2ccccc2)cc1. The average Bonchev–Trinajstić information content (AvgIpc) is 3.34. The van der Waals surface area contributed by atoms with Gasteiger partial charge in [-0.15, -0.1) is 5.10 Å². The normalized spacial score (nSPS) is 10.7. The van der Waals surface area contributed by atoms with E-state index in [9.17, 15) is 14.9 Å². The van der Waals surface area contributed by atoms with E-state index in [0.29, 0.717) is 28.8 Å². The summed E-state index contributed by atoms with van der Waals surface area (Å²) in [6.07, 6.45) is 0. The summed E-state index contributed by atoms with van der Waals surface area (Å²) in [6, 6.07) is 19.1. The van der Waals surface area contributed by atoms with Gasteiger partial charge >= 0.3 is 5.69 Å². The number of ether oxygens (including phenoxy) is 1. The molecule has 0 fully saturated rings. The largest absolute Gasteiger partial charge is 0.497 e. The van der Waals surface area contributed by atoms with E-state index in [1.54, 1.807) is 7.11 Å². The molecule has 178 valence electrons. The second-order valence-electron chi connectivity index (χ2n) is 7.80. The van der Waals surface area contributed by atoms with Crippen LogP contribution < -0.4 is 15.7 Å². The Labute approximate surface area is 206 Å². The second-order valence-corrected chi connectivity index (χ2v) is 8.74. The number of hydrogen-bond donors (Lipinski definition) is 2. The van der Waals surface area contributed by atoms with Gasteiger partial charge in [0.05, 0.1) is 25.0 Å². The molecule has 35 heavy (non-hydrogen) atoms. The monoisotopic (exact) mass is 488 g/mol. The van der Waals surface area contributed by atoms with Crippen molar-refractivity contribution in [1.29, 1.82) is 5.26 Å². The number of amides is 1. The summed E-state index contributed by atoms with van der Waals surface area (Å²) in [5.41, 5.74) is 3.43. The Hall–Kier alpha value is -4.23. The number of carbonyl (C=O) groups is 1. The highest BCUT2D eigenvalue weighted by atomic mass is 32.2. The molecule has 0 spiro atoms. The number of aromatic amines is 1. The molecule has 0 aliphatic carbocycles. The van der Waals surface area contributed by atoms with Gasteiger partial charge in [-0.3, -0.25) is 13.9 Å². The van der Waals surface area contributed by atoms with Crippen LogP contribution >= 0.6 is 11.8 Å². The van der Waals surface area contributed by atoms with Gasteiger partial charge in [0.1, 0.15) is 17.6 Å². The predicted molar refractivity (Wildman–Crippen MR) is 134 cm³/mol. The summed E-state index contributed by atoms with van der Waals surface area (Å²) in [7, 11) is 1.59. The van der Waals surface area contributed by atoms with Crippen molar-refractivity contribution in [2.24, 2.45) is 0 Å². The van der Waals surface area contributed by atoms with Crippen molar-refractivity contribution in [3.63, 3.8) is 0 Å². The smallest absolute Gasteiger partial charge is 0.344 e. The van der Waals surface area contributed by atoms with Gasteiger partial charge in [-0.25, -0.2) is 9.89 Å². The predicted octanol–water partition coefficient (Wildman–Crippen LogP) is 3.64. The average molecular weight is 489 g/mol. The van der Waals surface area contributed by atoms with Gasteiger partial charge in [0.25, 0.3) is 0 Å². The van der Waals surface area contributed by atoms with Crippen LogP contribution in [0.15, 0.2) is 64.5 Å². The van der Waals surface area contributed by atoms with E-state index >= 15 is 0 Å². The Morgan fingerprint density at radius 2 is 1.89 bits per heavy atom. The van der Waals surface area contributed by atoms with Crippen LogP contribution in [0.1, 0.15) is 22.4 Å². The number of nitrogens with zero attached hydrogens (tertiary/aromatic N) is 4. The molecule has 0 aliphatic heterocycles. The molecule has 10 heteroatoms. The first-order valence-corrected chi connectivity index (χ1v) is 11.8. The number of nitrogens with one attached hydrogen (secondary N) is 2. The zero-order valence-corrected chi connectivity index (χ0v) is 20.3. The maximum absolute atomic E-state index is 12.9. The lowest BCUT2D eigenvalue weighted by molar-refractivity contribution is -0.113. The van der Waals surface area contributed by atoms with Crippen molar-refractivity contribution in [2.75, 3.05) is 18.2 Å². The zero-order chi connectivity index (χ0) is 24.9. The Morgan fingerprint density at radius 3 is 2.54 bits per heavy atom. The third-order valence-corrected chi connectivity index (χ3v) is 6.63. The molecule has 1 amide bonds. The standard InChI is InChI=1S/C25H24N6O3S/c1-16-17(2)31(19-9-11-20(34-3)12-10-19)23(21(16)13-26)27-22(32)15-35-25-29-28-24(33)30(25)14-18-7-5-4-6-8-18/h4-12H,14-15H2,1-3H3,(H,27,32)(H,28,33). The lowest BCUT2D eigenvalue weighted by Crippen LogP contribution is -2.20. The summed E-state index contributed by atoms with van der Waals surface area (Å²) < 4.78 is 8.57. The summed E-state index contributed by atoms with van der Waals surface area (Å²) >= 11 is 1.15. The molecule has 0 bridgehead atoms. The third kappa shape index (κ3) is 5.00. The number of hydrogen-bond acceptors (Lipinski definition) is 6. The van der Waals surface area contributed by atoms with Gasteiger partial charge in [0.15, 0.2) is 5.16 Å². The second kappa shape index (κ2) is 10.4. The summed E-state index contributed by atoms with van der Waals surface area (Å²) in [6.45, 7) is 4.10. The summed E-state index contributed by atoms with van der Waals surface area (Å²) in [4.78, 5) is 25.2. The Kier molecular flexibility index (Phi) is 7.08. The minimum absolute atomic E-state index is 0.00976. The molecule has 0 unspecified atom stereocenters. The van der Waals surface area contributed by atoms with Crippen LogP contribution in [-0.4, -0.2) is 38.1 Å². The molecule has 0 saturated carbocycles. The number of aromatic nitrogens is 4. The molecular weight excluding hydrogens is 464 g/mol. The Balaban J connectivity index is 1.55. The maximum Gasteiger partial charge on any atom is 0.344 e. The molecule has 2 heterocycles. The fraction of sp³-hybridized carbons (Fsp3) is 0.200. The van der Waals surface area contributed by atoms with Crippen LogP contribution in [0.3, 0.4) is 0 Å². The van der Waals surface area contributed by atoms with Crippen LogP contribution in [-0.2, 0) is 11.3 Å². The van der Waals surface area contributed by atoms with Crippen molar-refractivity contribution in [3.05, 3.63) is 87.5 Å². The fourth-order valence-electron chi connectivity index (χ4n) is 3.73. The molecular formula is C25H24N6O3S. The first-order valence-electron chi connectivity index (χ1n) is 10.8. The highest BCUT2D eigenvalue weighted by Gasteiger charge is 2.21. The van der Waals surface area contributed by atoms with Crippen LogP contribution in [0, 0.1) is 25.2 Å². The van der Waals surface area contributed by atoms with Crippen molar-refractivity contribution in [3.8, 4) is 17.5 Å². The van der Waals surface area contributed by atoms with Crippen molar-refractivity contribution in [1.82, 2.24) is 19.3 Å². The molecule has 2 aromatic carbocycles. The number of carbonyl (C=O) groups excluding carboxylic acids is 1. The van der Waals surface area contributed by atoms with E-state index < -0.39 is 0 Å². The van der Waals surface area contributed by atoms with Crippen molar-refractivity contribution < 1.29 is 9.53 Å². The maximum atomic E-state index is 12.9. The number of H-pyrrole nitrogens is 1. The van der Waals surface area contributed by atoms with E-state index in [-0.39, 0.29) is 17.3 Å². The van der Waals surface area contributed by atoms with Gasteiger partial charge in [0.2, 0.25) is 5.91 Å². The molecule has 4 rings (SSSR count). The molecule has 0 atom stereocenters. The first-order chi connectivity index (χ1) is 16.9. The highest BCUT2D eigenvalue weighted by Crippen LogP contribution is 2.31. The van der Waals surface area contributed by atoms with Crippen LogP contribution in [0.25, 0.3) is 5.69 Å². The van der Waals surface area contributed by atoms with E-state index in [0.717, 1.165) is 34.3 Å². The van der Waals surface area contributed by atoms with E-state index in [1.165, 1.54) is 4.57 Å². The number of anilines is 1. The van der Waals surface area contributed by atoms with E-state index in [1.807, 2.05) is 73.0 Å². The van der Waals surface area contributed by atoms with Crippen LogP contribution in [0.4, 0.5) is 5.82 Å². The molecule has 2 aromatic heterocycles. The minimum Gasteiger partial charge on any atom is -0.497 e. The van der Waals surface area contributed by atoms with Gasteiger partial charge in [-0.2, -0.15) is 5.26 Å². The lowest BCUT2D eigenvalue weighted by Gasteiger charge is -2.14. The molecule has 4 aromatic rings. The van der Waals surface area contributed by atoms with Crippen LogP contribution in [0.5, 0.6) is 5.75 Å². The summed E-state index contributed by atoms with van der Waals surface area (Å²) in [5.74, 6) is 0.802. The Morgan fingerprint density at radius 1 is 1.17 bits per heavy atom. The molecule has 0 radical (unpaired) electrons. The number of nitriles is 1. The zero-order valence-electron chi connectivity index (χ0n) is 19.5. The first kappa shape index (κ1) is 23.9. The Bertz CT molecular complexity index is 1450. The van der Waals surface area contributed by atoms with Crippen LogP contribution in [0.2, 0.25) is 0 Å². The molecule has 0 saturated heterocycles. The number of rotatable bonds is 8. The third-order valence-electron chi connectivity index (χ3n) is 5.65. The van der Waals surface area contributed by atoms with Crippen molar-refractivity contribution >= 4 is 23.5 Å². The quantitative estimate of drug-likeness (QED) is 0.366. The van der Waals surface area contributed by atoms with Crippen molar-refractivity contribution in [2.45, 2.75) is 25.5 Å². The van der Waals surface area contributed by atoms with Gasteiger partial charge in [-0.1, -0.05) is 42.1 Å². The van der Waals surface area contributed by atoms with Gasteiger partial charge < -0.3 is 10.1 Å². The number of benzene rings is 2. The topological polar surface area (TPSA) is 118 Å². The molecule has 9 nitrogen and oxygen atoms in total. The number of thioether (sulfide) groups is 1. The summed E-state index contributed by atoms with van der Waals surface area (Å²) in [5, 5.41) is 19.6.